The van der Waals surface area contributed by atoms with E-state index in [9.17, 15) is 18.0 Å². The van der Waals surface area contributed by atoms with Crippen molar-refractivity contribution in [2.75, 3.05) is 6.61 Å². The van der Waals surface area contributed by atoms with Crippen molar-refractivity contribution < 1.29 is 22.7 Å². The van der Waals surface area contributed by atoms with Gasteiger partial charge < -0.3 is 4.74 Å². The lowest BCUT2D eigenvalue weighted by atomic mass is 9.88. The first-order valence-electron chi connectivity index (χ1n) is 5.82. The maximum Gasteiger partial charge on any atom is 0.420 e. The molecule has 19 heavy (non-hydrogen) atoms. The van der Waals surface area contributed by atoms with Crippen LogP contribution in [-0.4, -0.2) is 22.4 Å². The summed E-state index contributed by atoms with van der Waals surface area (Å²) < 4.78 is 45.2. The van der Waals surface area contributed by atoms with Gasteiger partial charge in [-0.2, -0.15) is 18.3 Å². The number of rotatable bonds is 2. The fourth-order valence-corrected chi connectivity index (χ4v) is 1.75. The van der Waals surface area contributed by atoms with Crippen molar-refractivity contribution in [3.8, 4) is 0 Å². The lowest BCUT2D eigenvalue weighted by Gasteiger charge is -2.19. The predicted octanol–water partition coefficient (Wildman–Crippen LogP) is 2.91. The minimum atomic E-state index is -4.65. The van der Waals surface area contributed by atoms with Crippen molar-refractivity contribution in [2.45, 2.75) is 39.3 Å². The largest absolute Gasteiger partial charge is 0.461 e. The molecule has 0 radical (unpaired) electrons. The van der Waals surface area contributed by atoms with Crippen LogP contribution in [0.1, 0.15) is 49.4 Å². The normalized spacial score (nSPS) is 12.6. The molecule has 1 heterocycles. The standard InChI is InChI=1S/C12H17F3N2O2/c1-6-19-10(18)8-7(12(13,14)15)9(11(2,3)4)16-17(8)5/h6H2,1-5H3. The second-order valence-electron chi connectivity index (χ2n) is 5.16. The number of nitrogens with zero attached hydrogens (tertiary/aromatic N) is 2. The van der Waals surface area contributed by atoms with Gasteiger partial charge in [-0.05, 0) is 6.92 Å². The number of alkyl halides is 3. The Balaban J connectivity index is 3.56. The number of halogens is 3. The number of hydrogen-bond donors (Lipinski definition) is 0. The van der Waals surface area contributed by atoms with Crippen LogP contribution in [0.3, 0.4) is 0 Å². The zero-order chi connectivity index (χ0) is 15.0. The molecule has 0 aliphatic heterocycles. The Morgan fingerprint density at radius 1 is 1.32 bits per heavy atom. The molecule has 0 aliphatic rings. The summed E-state index contributed by atoms with van der Waals surface area (Å²) in [5.41, 5.74) is -2.56. The minimum Gasteiger partial charge on any atom is -0.461 e. The summed E-state index contributed by atoms with van der Waals surface area (Å²) in [6.45, 7) is 6.37. The third-order valence-electron chi connectivity index (χ3n) is 2.51. The quantitative estimate of drug-likeness (QED) is 0.781. The summed E-state index contributed by atoms with van der Waals surface area (Å²) in [5.74, 6) is -1.01. The third kappa shape index (κ3) is 3.08. The van der Waals surface area contributed by atoms with Gasteiger partial charge in [0.15, 0.2) is 5.69 Å². The van der Waals surface area contributed by atoms with Crippen LogP contribution >= 0.6 is 0 Å². The van der Waals surface area contributed by atoms with Gasteiger partial charge in [0.25, 0.3) is 0 Å². The van der Waals surface area contributed by atoms with Crippen LogP contribution in [0.2, 0.25) is 0 Å². The molecule has 4 nitrogen and oxygen atoms in total. The van der Waals surface area contributed by atoms with E-state index in [0.29, 0.717) is 0 Å². The molecule has 0 fully saturated rings. The number of hydrogen-bond acceptors (Lipinski definition) is 3. The SMILES string of the molecule is CCOC(=O)c1c(C(F)(F)F)c(C(C)(C)C)nn1C. The summed E-state index contributed by atoms with van der Waals surface area (Å²) in [6.07, 6.45) is -4.65. The van der Waals surface area contributed by atoms with Crippen LogP contribution in [0, 0.1) is 0 Å². The molecule has 0 N–H and O–H groups in total. The third-order valence-corrected chi connectivity index (χ3v) is 2.51. The monoisotopic (exact) mass is 278 g/mol. The van der Waals surface area contributed by atoms with Crippen molar-refractivity contribution in [1.29, 1.82) is 0 Å². The van der Waals surface area contributed by atoms with E-state index < -0.39 is 28.8 Å². The molecule has 0 atom stereocenters. The summed E-state index contributed by atoms with van der Waals surface area (Å²) in [6, 6.07) is 0. The van der Waals surface area contributed by atoms with Gasteiger partial charge in [-0.15, -0.1) is 0 Å². The Hall–Kier alpha value is -1.53. The van der Waals surface area contributed by atoms with E-state index in [0.717, 1.165) is 4.68 Å². The highest BCUT2D eigenvalue weighted by Crippen LogP contribution is 2.39. The van der Waals surface area contributed by atoms with Crippen LogP contribution in [0.15, 0.2) is 0 Å². The zero-order valence-electron chi connectivity index (χ0n) is 11.6. The average molecular weight is 278 g/mol. The van der Waals surface area contributed by atoms with Crippen LogP contribution in [0.5, 0.6) is 0 Å². The molecule has 1 aromatic rings. The first-order valence-corrected chi connectivity index (χ1v) is 5.82. The molecule has 0 aliphatic carbocycles. The van der Waals surface area contributed by atoms with Gasteiger partial charge in [0.2, 0.25) is 0 Å². The Morgan fingerprint density at radius 3 is 2.21 bits per heavy atom. The summed E-state index contributed by atoms with van der Waals surface area (Å²) in [5, 5.41) is 3.85. The van der Waals surface area contributed by atoms with Crippen LogP contribution in [0.25, 0.3) is 0 Å². The van der Waals surface area contributed by atoms with Gasteiger partial charge in [0, 0.05) is 12.5 Å². The van der Waals surface area contributed by atoms with E-state index in [4.69, 9.17) is 0 Å². The number of carbonyl (C=O) groups excluding carboxylic acids is 1. The van der Waals surface area contributed by atoms with Crippen LogP contribution < -0.4 is 0 Å². The Labute approximate surface area is 109 Å². The first kappa shape index (κ1) is 15.5. The highest BCUT2D eigenvalue weighted by atomic mass is 19.4. The summed E-state index contributed by atoms with van der Waals surface area (Å²) in [4.78, 5) is 11.7. The second-order valence-corrected chi connectivity index (χ2v) is 5.16. The first-order chi connectivity index (χ1) is 8.50. The molecule has 7 heteroatoms. The van der Waals surface area contributed by atoms with Gasteiger partial charge in [0.1, 0.15) is 5.56 Å². The highest BCUT2D eigenvalue weighted by Gasteiger charge is 2.44. The predicted molar refractivity (Wildman–Crippen MR) is 62.9 cm³/mol. The summed E-state index contributed by atoms with van der Waals surface area (Å²) >= 11 is 0. The molecule has 0 amide bonds. The van der Waals surface area contributed by atoms with Gasteiger partial charge in [-0.25, -0.2) is 4.79 Å². The number of aryl methyl sites for hydroxylation is 1. The fourth-order valence-electron chi connectivity index (χ4n) is 1.75. The Bertz CT molecular complexity index is 484. The number of esters is 1. The lowest BCUT2D eigenvalue weighted by Crippen LogP contribution is -2.21. The van der Waals surface area contributed by atoms with E-state index in [-0.39, 0.29) is 12.3 Å². The average Bonchev–Trinajstić information content (AvgIpc) is 2.55. The van der Waals surface area contributed by atoms with Crippen LogP contribution in [-0.2, 0) is 23.4 Å². The number of ether oxygens (including phenoxy) is 1. The molecule has 1 aromatic heterocycles. The van der Waals surface area contributed by atoms with E-state index >= 15 is 0 Å². The van der Waals surface area contributed by atoms with Gasteiger partial charge in [-0.1, -0.05) is 20.8 Å². The molecule has 0 spiro atoms. The van der Waals surface area contributed by atoms with Crippen LogP contribution in [0.4, 0.5) is 13.2 Å². The van der Waals surface area contributed by atoms with Crippen molar-refractivity contribution in [3.05, 3.63) is 17.0 Å². The maximum atomic E-state index is 13.2. The van der Waals surface area contributed by atoms with E-state index in [2.05, 4.69) is 9.84 Å². The molecular weight excluding hydrogens is 261 g/mol. The van der Waals surface area contributed by atoms with E-state index in [1.54, 1.807) is 20.8 Å². The van der Waals surface area contributed by atoms with Crippen molar-refractivity contribution in [2.24, 2.45) is 7.05 Å². The molecule has 0 bridgehead atoms. The van der Waals surface area contributed by atoms with Crippen molar-refractivity contribution in [1.82, 2.24) is 9.78 Å². The molecule has 0 saturated carbocycles. The highest BCUT2D eigenvalue weighted by molar-refractivity contribution is 5.90. The second kappa shape index (κ2) is 4.86. The van der Waals surface area contributed by atoms with Crippen molar-refractivity contribution >= 4 is 5.97 Å². The van der Waals surface area contributed by atoms with Gasteiger partial charge >= 0.3 is 12.1 Å². The fraction of sp³-hybridized carbons (Fsp3) is 0.667. The topological polar surface area (TPSA) is 44.1 Å². The smallest absolute Gasteiger partial charge is 0.420 e. The number of aromatic nitrogens is 2. The Kier molecular flexibility index (Phi) is 3.97. The zero-order valence-corrected chi connectivity index (χ0v) is 11.6. The summed E-state index contributed by atoms with van der Waals surface area (Å²) in [7, 11) is 1.30. The lowest BCUT2D eigenvalue weighted by molar-refractivity contribution is -0.139. The van der Waals surface area contributed by atoms with Crippen molar-refractivity contribution in [3.63, 3.8) is 0 Å². The Morgan fingerprint density at radius 2 is 1.84 bits per heavy atom. The molecule has 0 unspecified atom stereocenters. The molecule has 1 rings (SSSR count). The van der Waals surface area contributed by atoms with Gasteiger partial charge in [-0.3, -0.25) is 4.68 Å². The molecule has 0 saturated heterocycles. The number of carbonyl (C=O) groups is 1. The molecular formula is C12H17F3N2O2. The van der Waals surface area contributed by atoms with E-state index in [1.165, 1.54) is 14.0 Å². The maximum absolute atomic E-state index is 13.2. The minimum absolute atomic E-state index is 0.00611. The molecule has 108 valence electrons. The van der Waals surface area contributed by atoms with Gasteiger partial charge in [0.05, 0.1) is 12.3 Å². The molecule has 0 aromatic carbocycles. The van der Waals surface area contributed by atoms with E-state index in [1.807, 2.05) is 0 Å².